The Balaban J connectivity index is 2.26. The first kappa shape index (κ1) is 23.9. The number of rotatable bonds is 6. The second kappa shape index (κ2) is 10.1. The summed E-state index contributed by atoms with van der Waals surface area (Å²) in [6, 6.07) is -2.59. The van der Waals surface area contributed by atoms with Crippen molar-refractivity contribution in [1.29, 1.82) is 0 Å². The highest BCUT2D eigenvalue weighted by Gasteiger charge is 2.51. The van der Waals surface area contributed by atoms with Crippen LogP contribution in [0.15, 0.2) is 0 Å². The molecule has 0 aromatic carbocycles. The average molecular weight is 424 g/mol. The van der Waals surface area contributed by atoms with Gasteiger partial charge in [0, 0.05) is 13.8 Å². The van der Waals surface area contributed by atoms with Gasteiger partial charge in [0.25, 0.3) is 0 Å². The Morgan fingerprint density at radius 3 is 1.90 bits per heavy atom. The maximum atomic E-state index is 11.5. The Hall–Kier alpha value is -1.42. The number of amides is 2. The molecule has 0 radical (unpaired) electrons. The number of aliphatic hydroxyl groups is 6. The zero-order valence-electron chi connectivity index (χ0n) is 15.9. The highest BCUT2D eigenvalue weighted by Crippen LogP contribution is 2.28. The van der Waals surface area contributed by atoms with Crippen LogP contribution in [-0.2, 0) is 23.8 Å². The number of hydrogen-bond acceptors (Lipinski definition) is 11. The normalized spacial score (nSPS) is 42.9. The van der Waals surface area contributed by atoms with Gasteiger partial charge in [-0.1, -0.05) is 0 Å². The summed E-state index contributed by atoms with van der Waals surface area (Å²) < 4.78 is 16.3. The maximum Gasteiger partial charge on any atom is 0.217 e. The van der Waals surface area contributed by atoms with Gasteiger partial charge in [-0.3, -0.25) is 9.59 Å². The molecule has 10 atom stereocenters. The monoisotopic (exact) mass is 424 g/mol. The Labute approximate surface area is 166 Å². The van der Waals surface area contributed by atoms with Crippen LogP contribution in [0.25, 0.3) is 0 Å². The smallest absolute Gasteiger partial charge is 0.217 e. The molecular formula is C16H28N2O11. The van der Waals surface area contributed by atoms with E-state index in [1.807, 2.05) is 0 Å². The fourth-order valence-electron chi connectivity index (χ4n) is 3.38. The molecule has 168 valence electrons. The van der Waals surface area contributed by atoms with Crippen LogP contribution >= 0.6 is 0 Å². The summed E-state index contributed by atoms with van der Waals surface area (Å²) in [5.74, 6) is -1.14. The molecule has 0 aromatic heterocycles. The zero-order chi connectivity index (χ0) is 21.9. The van der Waals surface area contributed by atoms with Crippen molar-refractivity contribution in [2.75, 3.05) is 13.2 Å². The SMILES string of the molecule is CC(=O)N[C@@H]1[C@@H](O)[C@H](O[C@@H]2O[C@H](CO)[C@@H](O)[C@H](O)[C@H]2NC(C)=O)[C@@H](CO)O[C@H]1O. The molecule has 0 aliphatic carbocycles. The molecular weight excluding hydrogens is 396 g/mol. The lowest BCUT2D eigenvalue weighted by atomic mass is 9.94. The molecule has 2 aliphatic heterocycles. The molecule has 2 amide bonds. The van der Waals surface area contributed by atoms with Gasteiger partial charge in [-0.15, -0.1) is 0 Å². The second-order valence-electron chi connectivity index (χ2n) is 7.00. The van der Waals surface area contributed by atoms with Gasteiger partial charge in [-0.05, 0) is 0 Å². The van der Waals surface area contributed by atoms with Gasteiger partial charge < -0.3 is 55.5 Å². The van der Waals surface area contributed by atoms with Crippen molar-refractivity contribution in [3.05, 3.63) is 0 Å². The Kier molecular flexibility index (Phi) is 8.28. The van der Waals surface area contributed by atoms with Gasteiger partial charge in [0.1, 0.15) is 48.7 Å². The van der Waals surface area contributed by atoms with E-state index in [0.29, 0.717) is 0 Å². The van der Waals surface area contributed by atoms with E-state index in [9.17, 15) is 40.2 Å². The molecule has 0 spiro atoms. The first-order valence-corrected chi connectivity index (χ1v) is 9.05. The third kappa shape index (κ3) is 5.39. The van der Waals surface area contributed by atoms with Crippen molar-refractivity contribution in [3.8, 4) is 0 Å². The van der Waals surface area contributed by atoms with Crippen LogP contribution in [0.5, 0.6) is 0 Å². The number of ether oxygens (including phenoxy) is 3. The van der Waals surface area contributed by atoms with E-state index in [4.69, 9.17) is 14.2 Å². The minimum absolute atomic E-state index is 0.568. The van der Waals surface area contributed by atoms with Crippen molar-refractivity contribution < 1.29 is 54.4 Å². The van der Waals surface area contributed by atoms with Gasteiger partial charge in [0.15, 0.2) is 12.6 Å². The molecule has 29 heavy (non-hydrogen) atoms. The fraction of sp³-hybridized carbons (Fsp3) is 0.875. The lowest BCUT2D eigenvalue weighted by Crippen LogP contribution is -2.69. The summed E-state index contributed by atoms with van der Waals surface area (Å²) in [7, 11) is 0. The number of carbonyl (C=O) groups is 2. The minimum Gasteiger partial charge on any atom is -0.394 e. The molecule has 0 saturated carbocycles. The summed E-state index contributed by atoms with van der Waals surface area (Å²) in [5, 5.41) is 64.5. The summed E-state index contributed by atoms with van der Waals surface area (Å²) in [6.07, 6.45) is -11.7. The quantitative estimate of drug-likeness (QED) is 0.202. The van der Waals surface area contributed by atoms with E-state index in [1.165, 1.54) is 0 Å². The van der Waals surface area contributed by atoms with Crippen molar-refractivity contribution in [2.45, 2.75) is 75.1 Å². The molecule has 2 rings (SSSR count). The topological polar surface area (TPSA) is 207 Å². The average Bonchev–Trinajstić information content (AvgIpc) is 2.65. The van der Waals surface area contributed by atoms with E-state index in [1.54, 1.807) is 0 Å². The van der Waals surface area contributed by atoms with E-state index in [-0.39, 0.29) is 0 Å². The Bertz CT molecular complexity index is 579. The lowest BCUT2D eigenvalue weighted by Gasteiger charge is -2.47. The highest BCUT2D eigenvalue weighted by molar-refractivity contribution is 5.73. The molecule has 2 saturated heterocycles. The van der Waals surface area contributed by atoms with Gasteiger partial charge in [0.2, 0.25) is 11.8 Å². The van der Waals surface area contributed by atoms with Gasteiger partial charge in [0.05, 0.1) is 13.2 Å². The summed E-state index contributed by atoms with van der Waals surface area (Å²) in [4.78, 5) is 22.8. The summed E-state index contributed by atoms with van der Waals surface area (Å²) in [6.45, 7) is 0.962. The number of carbonyl (C=O) groups excluding carboxylic acids is 2. The molecule has 2 aliphatic rings. The van der Waals surface area contributed by atoms with E-state index in [0.717, 1.165) is 13.8 Å². The van der Waals surface area contributed by atoms with Crippen LogP contribution in [0.4, 0.5) is 0 Å². The van der Waals surface area contributed by atoms with Crippen molar-refractivity contribution in [2.24, 2.45) is 0 Å². The van der Waals surface area contributed by atoms with Crippen LogP contribution in [0.3, 0.4) is 0 Å². The summed E-state index contributed by atoms with van der Waals surface area (Å²) >= 11 is 0. The van der Waals surface area contributed by atoms with Crippen LogP contribution in [0, 0.1) is 0 Å². The number of aliphatic hydroxyl groups excluding tert-OH is 6. The molecule has 0 bridgehead atoms. The van der Waals surface area contributed by atoms with Gasteiger partial charge >= 0.3 is 0 Å². The van der Waals surface area contributed by atoms with Gasteiger partial charge in [-0.25, -0.2) is 0 Å². The van der Waals surface area contributed by atoms with E-state index < -0.39 is 86.3 Å². The third-order valence-corrected chi connectivity index (χ3v) is 4.78. The standard InChI is InChI=1S/C16H28N2O11/c1-5(21)17-9-13(25)14(8(4-20)27-15(9)26)29-16-10(18-6(2)22)12(24)11(23)7(3-19)28-16/h7-16,19-20,23-26H,3-4H2,1-2H3,(H,17,21)(H,18,22)/t7-,8-,9-,10-,11-,12-,13-,14-,15-,16+/m1/s1. The first-order chi connectivity index (χ1) is 13.6. The third-order valence-electron chi connectivity index (χ3n) is 4.78. The lowest BCUT2D eigenvalue weighted by molar-refractivity contribution is -0.327. The molecule has 0 aromatic rings. The molecule has 2 fully saturated rings. The highest BCUT2D eigenvalue weighted by atomic mass is 16.7. The summed E-state index contributed by atoms with van der Waals surface area (Å²) in [5.41, 5.74) is 0. The Morgan fingerprint density at radius 2 is 1.38 bits per heavy atom. The van der Waals surface area contributed by atoms with Crippen molar-refractivity contribution in [3.63, 3.8) is 0 Å². The van der Waals surface area contributed by atoms with E-state index in [2.05, 4.69) is 10.6 Å². The van der Waals surface area contributed by atoms with E-state index >= 15 is 0 Å². The first-order valence-electron chi connectivity index (χ1n) is 9.05. The van der Waals surface area contributed by atoms with Gasteiger partial charge in [-0.2, -0.15) is 0 Å². The maximum absolute atomic E-state index is 11.5. The Morgan fingerprint density at radius 1 is 0.828 bits per heavy atom. The molecule has 13 nitrogen and oxygen atoms in total. The van der Waals surface area contributed by atoms with Crippen LogP contribution < -0.4 is 10.6 Å². The molecule has 8 N–H and O–H groups in total. The van der Waals surface area contributed by atoms with Crippen LogP contribution in [0.2, 0.25) is 0 Å². The molecule has 0 unspecified atom stereocenters. The van der Waals surface area contributed by atoms with Crippen molar-refractivity contribution >= 4 is 11.8 Å². The van der Waals surface area contributed by atoms with Crippen molar-refractivity contribution in [1.82, 2.24) is 10.6 Å². The predicted octanol–water partition coefficient (Wildman–Crippen LogP) is -5.11. The zero-order valence-corrected chi connectivity index (χ0v) is 15.9. The second-order valence-corrected chi connectivity index (χ2v) is 7.00. The van der Waals surface area contributed by atoms with Crippen LogP contribution in [0.1, 0.15) is 13.8 Å². The number of hydrogen-bond donors (Lipinski definition) is 8. The fourth-order valence-corrected chi connectivity index (χ4v) is 3.38. The minimum atomic E-state index is -1.64. The predicted molar refractivity (Wildman–Crippen MR) is 91.8 cm³/mol. The number of nitrogens with one attached hydrogen (secondary N) is 2. The molecule has 2 heterocycles. The molecule has 13 heteroatoms. The van der Waals surface area contributed by atoms with Crippen LogP contribution in [-0.4, -0.2) is 117 Å². The largest absolute Gasteiger partial charge is 0.394 e.